The monoisotopic (exact) mass is 313 g/mol. The van der Waals surface area contributed by atoms with Crippen molar-refractivity contribution in [1.82, 2.24) is 5.09 Å². The average Bonchev–Trinajstić information content (AvgIpc) is 2.48. The quantitative estimate of drug-likeness (QED) is 0.559. The predicted molar refractivity (Wildman–Crippen MR) is 83.7 cm³/mol. The van der Waals surface area contributed by atoms with Gasteiger partial charge in [0.2, 0.25) is 0 Å². The van der Waals surface area contributed by atoms with E-state index in [4.69, 9.17) is 9.26 Å². The van der Waals surface area contributed by atoms with Crippen LogP contribution in [0.25, 0.3) is 0 Å². The molecule has 0 aliphatic heterocycles. The fourth-order valence-electron chi connectivity index (χ4n) is 1.71. The summed E-state index contributed by atoms with van der Waals surface area (Å²) in [6, 6.07) is 8.18. The van der Waals surface area contributed by atoms with Gasteiger partial charge in [-0.25, -0.2) is 5.09 Å². The molecule has 0 aliphatic rings. The van der Waals surface area contributed by atoms with E-state index < -0.39 is 20.2 Å². The van der Waals surface area contributed by atoms with Gasteiger partial charge in [0.05, 0.1) is 6.61 Å². The zero-order valence-corrected chi connectivity index (χ0v) is 13.8. The Kier molecular flexibility index (Phi) is 8.09. The van der Waals surface area contributed by atoms with E-state index in [0.717, 1.165) is 12.8 Å². The van der Waals surface area contributed by atoms with Crippen molar-refractivity contribution in [3.63, 3.8) is 0 Å². The summed E-state index contributed by atoms with van der Waals surface area (Å²) in [5, 5.41) is 2.64. The number of hydrogen-bond acceptors (Lipinski definition) is 4. The van der Waals surface area contributed by atoms with Gasteiger partial charge in [-0.2, -0.15) is 0 Å². The van der Waals surface area contributed by atoms with Crippen LogP contribution in [0.15, 0.2) is 30.3 Å². The van der Waals surface area contributed by atoms with Crippen LogP contribution in [0.2, 0.25) is 0 Å². The molecule has 0 spiro atoms. The van der Waals surface area contributed by atoms with Crippen molar-refractivity contribution in [2.75, 3.05) is 6.61 Å². The smallest absolute Gasteiger partial charge is 0.323 e. The Hall–Kier alpha value is -1.32. The van der Waals surface area contributed by atoms with Gasteiger partial charge < -0.3 is 9.26 Å². The van der Waals surface area contributed by atoms with Crippen LogP contribution in [0.3, 0.4) is 0 Å². The molecular formula is C15H24NO4P. The van der Waals surface area contributed by atoms with E-state index in [2.05, 4.69) is 18.9 Å². The molecular weight excluding hydrogens is 289 g/mol. The molecule has 0 saturated heterocycles. The summed E-state index contributed by atoms with van der Waals surface area (Å²) in [7, 11) is -2.54. The summed E-state index contributed by atoms with van der Waals surface area (Å²) in [5.41, 5.74) is 0. The van der Waals surface area contributed by atoms with Crippen molar-refractivity contribution >= 4 is 14.1 Å². The number of carbonyl (C=O) groups is 1. The number of nitrogens with one attached hydrogen (secondary N) is 1. The van der Waals surface area contributed by atoms with Crippen LogP contribution in [0, 0.1) is 5.92 Å². The summed E-state index contributed by atoms with van der Waals surface area (Å²) in [6.45, 7) is 6.15. The predicted octanol–water partition coefficient (Wildman–Crippen LogP) is 3.41. The van der Waals surface area contributed by atoms with E-state index in [1.54, 1.807) is 31.2 Å². The number of hydrogen-bond donors (Lipinski definition) is 1. The first-order valence-electron chi connectivity index (χ1n) is 7.26. The number of esters is 1. The Bertz CT molecular complexity index is 448. The third kappa shape index (κ3) is 6.78. The molecule has 6 heteroatoms. The molecule has 0 aromatic heterocycles. The first kappa shape index (κ1) is 17.7. The van der Waals surface area contributed by atoms with E-state index >= 15 is 0 Å². The third-order valence-electron chi connectivity index (χ3n) is 3.26. The Morgan fingerprint density at radius 2 is 1.86 bits per heavy atom. The molecule has 1 rings (SSSR count). The van der Waals surface area contributed by atoms with E-state index in [1.165, 1.54) is 0 Å². The van der Waals surface area contributed by atoms with Crippen LogP contribution in [0.1, 0.15) is 33.6 Å². The molecule has 0 saturated carbocycles. The van der Waals surface area contributed by atoms with Crippen LogP contribution in [-0.2, 0) is 14.1 Å². The Labute approximate surface area is 127 Å². The largest absolute Gasteiger partial charge is 0.464 e. The molecule has 1 aromatic rings. The lowest BCUT2D eigenvalue weighted by Crippen LogP contribution is -2.32. The molecule has 0 aliphatic carbocycles. The lowest BCUT2D eigenvalue weighted by molar-refractivity contribution is -0.146. The van der Waals surface area contributed by atoms with Gasteiger partial charge in [-0.3, -0.25) is 9.36 Å². The van der Waals surface area contributed by atoms with Crippen molar-refractivity contribution in [2.24, 2.45) is 5.92 Å². The number of benzene rings is 1. The summed E-state index contributed by atoms with van der Waals surface area (Å²) in [4.78, 5) is 11.8. The molecule has 0 fully saturated rings. The molecule has 0 amide bonds. The van der Waals surface area contributed by atoms with Crippen molar-refractivity contribution in [1.29, 1.82) is 0 Å². The molecule has 118 valence electrons. The Morgan fingerprint density at radius 1 is 1.24 bits per heavy atom. The van der Waals surface area contributed by atoms with Crippen LogP contribution in [0.5, 0.6) is 5.75 Å². The summed E-state index contributed by atoms with van der Waals surface area (Å²) < 4.78 is 22.3. The maximum atomic E-state index is 11.8. The average molecular weight is 313 g/mol. The SMILES string of the molecule is CCC(CC)COC(=O)[C@H](C)N[PH](=O)Oc1ccccc1. The molecule has 1 unspecified atom stereocenters. The first-order valence-corrected chi connectivity index (χ1v) is 8.58. The summed E-state index contributed by atoms with van der Waals surface area (Å²) in [6.07, 6.45) is 1.94. The van der Waals surface area contributed by atoms with E-state index in [1.807, 2.05) is 6.07 Å². The fraction of sp³-hybridized carbons (Fsp3) is 0.533. The maximum Gasteiger partial charge on any atom is 0.323 e. The fourth-order valence-corrected chi connectivity index (χ4v) is 2.59. The second kappa shape index (κ2) is 9.59. The van der Waals surface area contributed by atoms with Gasteiger partial charge in [-0.05, 0) is 25.0 Å². The first-order chi connectivity index (χ1) is 10.1. The lowest BCUT2D eigenvalue weighted by Gasteiger charge is -2.16. The number of rotatable bonds is 9. The minimum absolute atomic E-state index is 0.374. The van der Waals surface area contributed by atoms with Gasteiger partial charge in [-0.1, -0.05) is 44.9 Å². The highest BCUT2D eigenvalue weighted by atomic mass is 31.1. The topological polar surface area (TPSA) is 64.6 Å². The van der Waals surface area contributed by atoms with Crippen molar-refractivity contribution in [2.45, 2.75) is 39.7 Å². The Balaban J connectivity index is 2.36. The van der Waals surface area contributed by atoms with Crippen molar-refractivity contribution in [3.05, 3.63) is 30.3 Å². The van der Waals surface area contributed by atoms with Gasteiger partial charge in [0.25, 0.3) is 0 Å². The lowest BCUT2D eigenvalue weighted by atomic mass is 10.1. The second-order valence-electron chi connectivity index (χ2n) is 4.88. The molecule has 0 radical (unpaired) electrons. The highest BCUT2D eigenvalue weighted by molar-refractivity contribution is 7.37. The highest BCUT2D eigenvalue weighted by Gasteiger charge is 2.18. The van der Waals surface area contributed by atoms with Gasteiger partial charge in [0.15, 0.2) is 0 Å². The van der Waals surface area contributed by atoms with E-state index in [0.29, 0.717) is 18.3 Å². The Morgan fingerprint density at radius 3 is 2.43 bits per heavy atom. The second-order valence-corrected chi connectivity index (χ2v) is 5.95. The third-order valence-corrected chi connectivity index (χ3v) is 4.35. The minimum atomic E-state index is -2.54. The number of carbonyl (C=O) groups excluding carboxylic acids is 1. The molecule has 0 heterocycles. The van der Waals surface area contributed by atoms with Crippen molar-refractivity contribution < 1.29 is 18.6 Å². The zero-order chi connectivity index (χ0) is 15.7. The van der Waals surface area contributed by atoms with Gasteiger partial charge in [0, 0.05) is 0 Å². The van der Waals surface area contributed by atoms with Gasteiger partial charge in [0.1, 0.15) is 11.8 Å². The molecule has 5 nitrogen and oxygen atoms in total. The molecule has 2 atom stereocenters. The molecule has 21 heavy (non-hydrogen) atoms. The molecule has 1 N–H and O–H groups in total. The van der Waals surface area contributed by atoms with Crippen LogP contribution < -0.4 is 9.61 Å². The van der Waals surface area contributed by atoms with Crippen LogP contribution >= 0.6 is 8.18 Å². The van der Waals surface area contributed by atoms with Crippen LogP contribution in [-0.4, -0.2) is 18.6 Å². The van der Waals surface area contributed by atoms with Gasteiger partial charge >= 0.3 is 14.1 Å². The summed E-state index contributed by atoms with van der Waals surface area (Å²) in [5.74, 6) is 0.474. The number of ether oxygens (including phenoxy) is 1. The molecule has 1 aromatic carbocycles. The summed E-state index contributed by atoms with van der Waals surface area (Å²) >= 11 is 0. The van der Waals surface area contributed by atoms with Crippen molar-refractivity contribution in [3.8, 4) is 5.75 Å². The van der Waals surface area contributed by atoms with Crippen LogP contribution in [0.4, 0.5) is 0 Å². The zero-order valence-electron chi connectivity index (χ0n) is 12.8. The highest BCUT2D eigenvalue weighted by Crippen LogP contribution is 2.23. The minimum Gasteiger partial charge on any atom is -0.464 e. The molecule has 0 bridgehead atoms. The maximum absolute atomic E-state index is 11.8. The number of para-hydroxylation sites is 1. The van der Waals surface area contributed by atoms with E-state index in [9.17, 15) is 9.36 Å². The van der Waals surface area contributed by atoms with Gasteiger partial charge in [-0.15, -0.1) is 0 Å². The normalized spacial score (nSPS) is 13.7. The standard InChI is InChI=1S/C15H24NO4P/c1-4-13(5-2)11-19-15(17)12(3)16-21(18)20-14-9-7-6-8-10-14/h6-10,12-13,21H,4-5,11H2,1-3H3,(H,16,18)/t12-/m0/s1. The van der Waals surface area contributed by atoms with E-state index in [-0.39, 0.29) is 0 Å².